The van der Waals surface area contributed by atoms with Gasteiger partial charge in [-0.1, -0.05) is 0 Å². The molecule has 88 valence electrons. The molecule has 0 radical (unpaired) electrons. The molecule has 7 heteroatoms. The fourth-order valence-electron chi connectivity index (χ4n) is 2.18. The topological polar surface area (TPSA) is 76.3 Å². The highest BCUT2D eigenvalue weighted by Crippen LogP contribution is 2.21. The van der Waals surface area contributed by atoms with E-state index in [1.165, 1.54) is 4.63 Å². The fourth-order valence-corrected chi connectivity index (χ4v) is 2.18. The van der Waals surface area contributed by atoms with E-state index in [1.54, 1.807) is 6.07 Å². The molecule has 1 aliphatic heterocycles. The van der Waals surface area contributed by atoms with Crippen LogP contribution >= 0.6 is 0 Å². The van der Waals surface area contributed by atoms with Gasteiger partial charge in [0.2, 0.25) is 0 Å². The lowest BCUT2D eigenvalue weighted by atomic mass is 10.0. The number of rotatable bonds is 2. The number of hydrogen-bond donors (Lipinski definition) is 0. The highest BCUT2D eigenvalue weighted by molar-refractivity contribution is 5.65. The van der Waals surface area contributed by atoms with Gasteiger partial charge in [-0.15, -0.1) is 14.8 Å². The monoisotopic (exact) mass is 232 g/mol. The second kappa shape index (κ2) is 4.08. The number of aromatic nitrogens is 5. The lowest BCUT2D eigenvalue weighted by molar-refractivity contribution is -0.109. The molecule has 1 atom stereocenters. The molecule has 0 amide bonds. The Bertz CT molecular complexity index is 538. The molecule has 7 nitrogen and oxygen atoms in total. The number of piperidine rings is 1. The van der Waals surface area contributed by atoms with Gasteiger partial charge in [0.25, 0.3) is 0 Å². The molecule has 2 aromatic heterocycles. The maximum atomic E-state index is 11.0. The number of carbonyl (C=O) groups is 1. The van der Waals surface area contributed by atoms with E-state index in [0.29, 0.717) is 5.65 Å². The van der Waals surface area contributed by atoms with Crippen molar-refractivity contribution in [1.29, 1.82) is 0 Å². The van der Waals surface area contributed by atoms with Crippen molar-refractivity contribution in [3.05, 3.63) is 12.1 Å². The minimum atomic E-state index is -0.0785. The maximum Gasteiger partial charge on any atom is 0.200 e. The van der Waals surface area contributed by atoms with Gasteiger partial charge in [-0.25, -0.2) is 0 Å². The Hall–Kier alpha value is -2.05. The predicted octanol–water partition coefficient (Wildman–Crippen LogP) is 0.0771. The largest absolute Gasteiger partial charge is 0.345 e. The Labute approximate surface area is 97.4 Å². The van der Waals surface area contributed by atoms with Crippen molar-refractivity contribution in [3.63, 3.8) is 0 Å². The van der Waals surface area contributed by atoms with Gasteiger partial charge in [0.1, 0.15) is 6.29 Å². The molecule has 0 bridgehead atoms. The van der Waals surface area contributed by atoms with Gasteiger partial charge in [-0.3, -0.25) is 0 Å². The number of aldehydes is 1. The van der Waals surface area contributed by atoms with E-state index in [2.05, 4.69) is 20.6 Å². The van der Waals surface area contributed by atoms with E-state index in [0.717, 1.165) is 37.9 Å². The summed E-state index contributed by atoms with van der Waals surface area (Å²) in [6.45, 7) is 0.851. The number of carbonyl (C=O) groups excluding carboxylic acids is 1. The van der Waals surface area contributed by atoms with Crippen LogP contribution in [0.2, 0.25) is 0 Å². The Balaban J connectivity index is 1.97. The molecule has 0 aliphatic carbocycles. The highest BCUT2D eigenvalue weighted by atomic mass is 16.1. The number of anilines is 1. The van der Waals surface area contributed by atoms with E-state index >= 15 is 0 Å². The lowest BCUT2D eigenvalue weighted by Crippen LogP contribution is -2.41. The molecule has 1 fully saturated rings. The Morgan fingerprint density at radius 2 is 2.29 bits per heavy atom. The molecule has 2 aromatic rings. The molecule has 0 N–H and O–H groups in total. The lowest BCUT2D eigenvalue weighted by Gasteiger charge is -2.32. The third-order valence-corrected chi connectivity index (χ3v) is 3.06. The second-order valence-electron chi connectivity index (χ2n) is 4.11. The van der Waals surface area contributed by atoms with Crippen LogP contribution in [0, 0.1) is 0 Å². The van der Waals surface area contributed by atoms with Crippen LogP contribution in [0.4, 0.5) is 5.82 Å². The van der Waals surface area contributed by atoms with Crippen LogP contribution in [0.3, 0.4) is 0 Å². The van der Waals surface area contributed by atoms with Crippen LogP contribution in [0.1, 0.15) is 19.3 Å². The minimum absolute atomic E-state index is 0.0785. The average molecular weight is 232 g/mol. The van der Waals surface area contributed by atoms with Gasteiger partial charge in [0.15, 0.2) is 11.5 Å². The third kappa shape index (κ3) is 1.73. The molecular formula is C10H12N6O. The van der Waals surface area contributed by atoms with Crippen molar-refractivity contribution >= 4 is 17.8 Å². The van der Waals surface area contributed by atoms with Gasteiger partial charge in [-0.2, -0.15) is 0 Å². The summed E-state index contributed by atoms with van der Waals surface area (Å²) >= 11 is 0. The zero-order chi connectivity index (χ0) is 11.7. The normalized spacial score (nSPS) is 20.7. The van der Waals surface area contributed by atoms with Crippen LogP contribution in [0.5, 0.6) is 0 Å². The van der Waals surface area contributed by atoms with Crippen LogP contribution in [-0.4, -0.2) is 44.1 Å². The van der Waals surface area contributed by atoms with Crippen molar-refractivity contribution in [2.24, 2.45) is 0 Å². The van der Waals surface area contributed by atoms with E-state index < -0.39 is 0 Å². The molecule has 3 rings (SSSR count). The summed E-state index contributed by atoms with van der Waals surface area (Å²) in [5.41, 5.74) is 0.605. The standard InChI is InChI=1S/C10H12N6O/c17-7-8-3-1-2-6-15(8)10-5-4-9-11-13-14-16(9)12-10/h4-5,7-8H,1-3,6H2. The molecule has 1 saturated heterocycles. The van der Waals surface area contributed by atoms with Gasteiger partial charge >= 0.3 is 0 Å². The summed E-state index contributed by atoms with van der Waals surface area (Å²) in [7, 11) is 0. The number of hydrogen-bond acceptors (Lipinski definition) is 6. The second-order valence-corrected chi connectivity index (χ2v) is 4.11. The Morgan fingerprint density at radius 3 is 3.18 bits per heavy atom. The smallest absolute Gasteiger partial charge is 0.200 e. The molecule has 0 aromatic carbocycles. The van der Waals surface area contributed by atoms with Gasteiger partial charge in [0, 0.05) is 6.54 Å². The van der Waals surface area contributed by atoms with Crippen molar-refractivity contribution in [1.82, 2.24) is 25.3 Å². The predicted molar refractivity (Wildman–Crippen MR) is 59.6 cm³/mol. The van der Waals surface area contributed by atoms with E-state index in [-0.39, 0.29) is 6.04 Å². The molecule has 1 aliphatic rings. The van der Waals surface area contributed by atoms with Crippen LogP contribution < -0.4 is 4.90 Å². The minimum Gasteiger partial charge on any atom is -0.345 e. The molecule has 1 unspecified atom stereocenters. The van der Waals surface area contributed by atoms with E-state index in [4.69, 9.17) is 0 Å². The molecule has 3 heterocycles. The SMILES string of the molecule is O=CC1CCCCN1c1ccc2nnnn2n1. The fraction of sp³-hybridized carbons (Fsp3) is 0.500. The zero-order valence-electron chi connectivity index (χ0n) is 9.23. The first-order valence-electron chi connectivity index (χ1n) is 5.66. The van der Waals surface area contributed by atoms with E-state index in [1.807, 2.05) is 11.0 Å². The van der Waals surface area contributed by atoms with Gasteiger partial charge in [-0.05, 0) is 41.8 Å². The summed E-state index contributed by atoms with van der Waals surface area (Å²) in [4.78, 5) is 13.1. The summed E-state index contributed by atoms with van der Waals surface area (Å²) in [5.74, 6) is 0.751. The molecule has 0 saturated carbocycles. The van der Waals surface area contributed by atoms with Gasteiger partial charge in [0.05, 0.1) is 6.04 Å². The highest BCUT2D eigenvalue weighted by Gasteiger charge is 2.23. The van der Waals surface area contributed by atoms with Crippen molar-refractivity contribution in [3.8, 4) is 0 Å². The first-order chi connectivity index (χ1) is 8.38. The Kier molecular flexibility index (Phi) is 2.43. The summed E-state index contributed by atoms with van der Waals surface area (Å²) in [6.07, 6.45) is 4.05. The van der Waals surface area contributed by atoms with Crippen LogP contribution in [-0.2, 0) is 4.79 Å². The van der Waals surface area contributed by atoms with Gasteiger partial charge < -0.3 is 9.69 Å². The van der Waals surface area contributed by atoms with Crippen LogP contribution in [0.25, 0.3) is 5.65 Å². The number of nitrogens with zero attached hydrogens (tertiary/aromatic N) is 6. The number of tetrazole rings is 1. The summed E-state index contributed by atoms with van der Waals surface area (Å²) in [5, 5.41) is 15.4. The van der Waals surface area contributed by atoms with Crippen molar-refractivity contribution in [2.45, 2.75) is 25.3 Å². The molecular weight excluding hydrogens is 220 g/mol. The zero-order valence-corrected chi connectivity index (χ0v) is 9.23. The first kappa shape index (κ1) is 10.1. The average Bonchev–Trinajstić information content (AvgIpc) is 2.85. The van der Waals surface area contributed by atoms with Crippen molar-refractivity contribution < 1.29 is 4.79 Å². The maximum absolute atomic E-state index is 11.0. The number of fused-ring (bicyclic) bond motifs is 1. The van der Waals surface area contributed by atoms with Crippen LogP contribution in [0.15, 0.2) is 12.1 Å². The summed E-state index contributed by atoms with van der Waals surface area (Å²) < 4.78 is 1.38. The first-order valence-corrected chi connectivity index (χ1v) is 5.66. The molecule has 17 heavy (non-hydrogen) atoms. The van der Waals surface area contributed by atoms with E-state index in [9.17, 15) is 4.79 Å². The Morgan fingerprint density at radius 1 is 1.35 bits per heavy atom. The third-order valence-electron chi connectivity index (χ3n) is 3.06. The quantitative estimate of drug-likeness (QED) is 0.682. The molecule has 0 spiro atoms. The van der Waals surface area contributed by atoms with Crippen molar-refractivity contribution in [2.75, 3.05) is 11.4 Å². The summed E-state index contributed by atoms with van der Waals surface area (Å²) in [6, 6.07) is 3.58.